The molecule has 0 aromatic carbocycles. The van der Waals surface area contributed by atoms with E-state index in [1.807, 2.05) is 0 Å². The fraction of sp³-hybridized carbons (Fsp3) is 0.738. The number of carbonyl (C=O) groups is 3. The van der Waals surface area contributed by atoms with Crippen LogP contribution in [0.25, 0.3) is 0 Å². The zero-order valence-electron chi connectivity index (χ0n) is 46.7. The Kier molecular flexibility index (Phi) is 56.3. The quantitative estimate of drug-likeness (QED) is 0.0199. The fourth-order valence-corrected chi connectivity index (χ4v) is 8.40. The molecule has 6 nitrogen and oxygen atoms in total. The van der Waals surface area contributed by atoms with Crippen molar-refractivity contribution in [2.45, 2.75) is 297 Å². The Morgan fingerprint density at radius 1 is 0.310 bits per heavy atom. The maximum absolute atomic E-state index is 12.9. The lowest BCUT2D eigenvalue weighted by Gasteiger charge is -2.18. The first-order valence-electron chi connectivity index (χ1n) is 30.1. The molecule has 1 unspecified atom stereocenters. The minimum atomic E-state index is -0.792. The number of carbonyl (C=O) groups excluding carboxylic acids is 3. The lowest BCUT2D eigenvalue weighted by atomic mass is 10.0. The monoisotopic (exact) mass is 989 g/mol. The summed E-state index contributed by atoms with van der Waals surface area (Å²) < 4.78 is 16.9. The van der Waals surface area contributed by atoms with Gasteiger partial charge in [0.25, 0.3) is 0 Å². The third-order valence-corrected chi connectivity index (χ3v) is 12.9. The van der Waals surface area contributed by atoms with Crippen molar-refractivity contribution in [1.29, 1.82) is 0 Å². The molecule has 0 aliphatic carbocycles. The summed E-state index contributed by atoms with van der Waals surface area (Å²) in [4.78, 5) is 38.2. The number of hydrogen-bond acceptors (Lipinski definition) is 6. The van der Waals surface area contributed by atoms with Gasteiger partial charge in [0.05, 0.1) is 0 Å². The molecule has 71 heavy (non-hydrogen) atoms. The van der Waals surface area contributed by atoms with Crippen LogP contribution in [-0.2, 0) is 28.6 Å². The predicted octanol–water partition coefficient (Wildman–Crippen LogP) is 20.3. The van der Waals surface area contributed by atoms with E-state index < -0.39 is 6.10 Å². The summed E-state index contributed by atoms with van der Waals surface area (Å²) >= 11 is 0. The van der Waals surface area contributed by atoms with E-state index in [1.165, 1.54) is 154 Å². The van der Waals surface area contributed by atoms with Gasteiger partial charge in [0.15, 0.2) is 6.10 Å². The van der Waals surface area contributed by atoms with Crippen LogP contribution in [0.5, 0.6) is 0 Å². The largest absolute Gasteiger partial charge is 0.462 e. The van der Waals surface area contributed by atoms with Gasteiger partial charge >= 0.3 is 17.9 Å². The second kappa shape index (κ2) is 59.2. The Morgan fingerprint density at radius 2 is 0.592 bits per heavy atom. The molecule has 0 aliphatic heterocycles. The summed E-state index contributed by atoms with van der Waals surface area (Å²) in [5.41, 5.74) is 0. The van der Waals surface area contributed by atoms with Crippen LogP contribution in [0.1, 0.15) is 290 Å². The number of allylic oxidation sites excluding steroid dienone is 14. The molecule has 0 saturated carbocycles. The zero-order valence-corrected chi connectivity index (χ0v) is 46.7. The maximum atomic E-state index is 12.9. The maximum Gasteiger partial charge on any atom is 0.306 e. The van der Waals surface area contributed by atoms with Crippen molar-refractivity contribution in [3.05, 3.63) is 85.1 Å². The van der Waals surface area contributed by atoms with E-state index in [0.717, 1.165) is 96.3 Å². The smallest absolute Gasteiger partial charge is 0.306 e. The summed E-state index contributed by atoms with van der Waals surface area (Å²) in [5, 5.41) is 0. The molecule has 0 aromatic heterocycles. The minimum Gasteiger partial charge on any atom is -0.462 e. The number of rotatable bonds is 54. The summed E-state index contributed by atoms with van der Waals surface area (Å²) in [6.45, 7) is 6.50. The van der Waals surface area contributed by atoms with Crippen molar-refractivity contribution in [3.63, 3.8) is 0 Å². The van der Waals surface area contributed by atoms with Crippen molar-refractivity contribution in [3.8, 4) is 0 Å². The van der Waals surface area contributed by atoms with Gasteiger partial charge in [0.2, 0.25) is 0 Å². The van der Waals surface area contributed by atoms with Crippen LogP contribution in [0.4, 0.5) is 0 Å². The molecule has 0 fully saturated rings. The summed E-state index contributed by atoms with van der Waals surface area (Å²) in [7, 11) is 0. The van der Waals surface area contributed by atoms with Crippen LogP contribution in [0.2, 0.25) is 0 Å². The molecule has 0 aromatic rings. The van der Waals surface area contributed by atoms with Gasteiger partial charge in [0, 0.05) is 19.3 Å². The average molecular weight is 990 g/mol. The minimum absolute atomic E-state index is 0.0862. The molecule has 0 aliphatic rings. The number of hydrogen-bond donors (Lipinski definition) is 0. The van der Waals surface area contributed by atoms with Crippen LogP contribution in [-0.4, -0.2) is 37.2 Å². The van der Waals surface area contributed by atoms with Crippen LogP contribution >= 0.6 is 0 Å². The van der Waals surface area contributed by atoms with Gasteiger partial charge in [-0.05, 0) is 89.9 Å². The van der Waals surface area contributed by atoms with Gasteiger partial charge in [-0.3, -0.25) is 14.4 Å². The number of esters is 3. The summed E-state index contributed by atoms with van der Waals surface area (Å²) in [6.07, 6.45) is 77.1. The lowest BCUT2D eigenvalue weighted by Crippen LogP contribution is -2.30. The van der Waals surface area contributed by atoms with E-state index in [9.17, 15) is 14.4 Å². The molecule has 0 spiro atoms. The highest BCUT2D eigenvalue weighted by atomic mass is 16.6. The molecule has 6 heteroatoms. The van der Waals surface area contributed by atoms with Crippen molar-refractivity contribution in [2.75, 3.05) is 13.2 Å². The van der Waals surface area contributed by atoms with Crippen LogP contribution < -0.4 is 0 Å². The molecule has 0 radical (unpaired) electrons. The standard InChI is InChI=1S/C65H112O6/c1-4-7-10-13-16-19-22-25-28-30-32-34-37-40-43-46-49-52-55-58-64(67)70-61-62(60-69-63(66)57-54-51-48-45-42-39-36-27-24-21-18-15-12-9-6-3)71-65(68)59-56-53-50-47-44-41-38-35-33-31-29-26-23-20-17-14-11-8-5-2/h7,10,16-17,19-20,23,25-26,28,32,34,40,43,62H,4-6,8-9,11-15,18,21-22,24,27,29-31,33,35-39,41-42,44-61H2,1-3H3/b10-7-,19-16-,20-17-,26-23-,28-25-,34-32-,43-40-. The van der Waals surface area contributed by atoms with Gasteiger partial charge in [-0.2, -0.15) is 0 Å². The molecule has 0 saturated heterocycles. The van der Waals surface area contributed by atoms with E-state index >= 15 is 0 Å². The van der Waals surface area contributed by atoms with Crippen molar-refractivity contribution >= 4 is 17.9 Å². The van der Waals surface area contributed by atoms with Crippen LogP contribution in [0.3, 0.4) is 0 Å². The molecule has 0 N–H and O–H groups in total. The van der Waals surface area contributed by atoms with Crippen molar-refractivity contribution < 1.29 is 28.6 Å². The van der Waals surface area contributed by atoms with Gasteiger partial charge in [0.1, 0.15) is 13.2 Å². The first-order chi connectivity index (χ1) is 35.0. The molecule has 0 rings (SSSR count). The number of unbranched alkanes of at least 4 members (excludes halogenated alkanes) is 30. The van der Waals surface area contributed by atoms with Crippen molar-refractivity contribution in [2.24, 2.45) is 0 Å². The third kappa shape index (κ3) is 57.4. The van der Waals surface area contributed by atoms with E-state index in [1.54, 1.807) is 0 Å². The lowest BCUT2D eigenvalue weighted by molar-refractivity contribution is -0.167. The van der Waals surface area contributed by atoms with Gasteiger partial charge in [-0.15, -0.1) is 0 Å². The average Bonchev–Trinajstić information content (AvgIpc) is 3.37. The van der Waals surface area contributed by atoms with E-state index in [2.05, 4.69) is 106 Å². The van der Waals surface area contributed by atoms with Gasteiger partial charge < -0.3 is 14.2 Å². The Labute approximate surface area is 439 Å². The van der Waals surface area contributed by atoms with Crippen LogP contribution in [0.15, 0.2) is 85.1 Å². The third-order valence-electron chi connectivity index (χ3n) is 12.9. The first kappa shape index (κ1) is 67.6. The molecular weight excluding hydrogens is 877 g/mol. The Balaban J connectivity index is 4.43. The molecule has 1 atom stereocenters. The predicted molar refractivity (Wildman–Crippen MR) is 307 cm³/mol. The first-order valence-corrected chi connectivity index (χ1v) is 30.1. The van der Waals surface area contributed by atoms with Crippen molar-refractivity contribution in [1.82, 2.24) is 0 Å². The van der Waals surface area contributed by atoms with Gasteiger partial charge in [-0.1, -0.05) is 266 Å². The molecule has 0 heterocycles. The van der Waals surface area contributed by atoms with E-state index in [-0.39, 0.29) is 31.1 Å². The Bertz CT molecular complexity index is 1370. The number of ether oxygens (including phenoxy) is 3. The topological polar surface area (TPSA) is 78.9 Å². The highest BCUT2D eigenvalue weighted by Crippen LogP contribution is 2.16. The fourth-order valence-electron chi connectivity index (χ4n) is 8.40. The summed E-state index contributed by atoms with van der Waals surface area (Å²) in [5.74, 6) is -0.913. The van der Waals surface area contributed by atoms with E-state index in [4.69, 9.17) is 14.2 Å². The molecule has 408 valence electrons. The SMILES string of the molecule is CC/C=C\C/C=C\C/C=C\C/C=C\C/C=C\CCCCCC(=O)OCC(COC(=O)CCCCCCCCCCCCCCCCC)OC(=O)CCCCCCCCCCCC/C=C\C=C/CCCCC. The molecule has 0 bridgehead atoms. The van der Waals surface area contributed by atoms with Gasteiger partial charge in [-0.25, -0.2) is 0 Å². The van der Waals surface area contributed by atoms with Crippen LogP contribution in [0, 0.1) is 0 Å². The molecular formula is C65H112O6. The highest BCUT2D eigenvalue weighted by Gasteiger charge is 2.19. The second-order valence-electron chi connectivity index (χ2n) is 19.9. The molecule has 0 amide bonds. The highest BCUT2D eigenvalue weighted by molar-refractivity contribution is 5.71. The normalized spacial score (nSPS) is 12.7. The Hall–Kier alpha value is -3.41. The summed E-state index contributed by atoms with van der Waals surface area (Å²) in [6, 6.07) is 0. The Morgan fingerprint density at radius 3 is 0.986 bits per heavy atom. The second-order valence-corrected chi connectivity index (χ2v) is 19.9. The zero-order chi connectivity index (χ0) is 51.4. The van der Waals surface area contributed by atoms with E-state index in [0.29, 0.717) is 19.3 Å².